The fourth-order valence-corrected chi connectivity index (χ4v) is 2.02. The molecule has 0 aliphatic heterocycles. The van der Waals surface area contributed by atoms with Crippen molar-refractivity contribution in [1.29, 1.82) is 0 Å². The minimum absolute atomic E-state index is 0.522. The number of halogens is 1. The number of ether oxygens (including phenoxy) is 1. The summed E-state index contributed by atoms with van der Waals surface area (Å²) in [5.74, 6) is -0.881. The van der Waals surface area contributed by atoms with Crippen LogP contribution >= 0.6 is 15.9 Å². The molecule has 2 aromatic rings. The van der Waals surface area contributed by atoms with Gasteiger partial charge in [-0.25, -0.2) is 5.43 Å². The molecule has 2 aromatic carbocycles. The Morgan fingerprint density at radius 2 is 1.75 bits per heavy atom. The molecule has 2 N–H and O–H groups in total. The average Bonchev–Trinajstić information content (AvgIpc) is 2.58. The van der Waals surface area contributed by atoms with Gasteiger partial charge in [-0.3, -0.25) is 9.59 Å². The predicted octanol–water partition coefficient (Wildman–Crippen LogP) is 2.94. The van der Waals surface area contributed by atoms with E-state index in [0.717, 1.165) is 15.8 Å². The summed E-state index contributed by atoms with van der Waals surface area (Å²) in [7, 11) is 0. The highest BCUT2D eigenvalue weighted by molar-refractivity contribution is 9.10. The second kappa shape index (κ2) is 8.83. The van der Waals surface area contributed by atoms with Gasteiger partial charge in [0.2, 0.25) is 0 Å². The van der Waals surface area contributed by atoms with E-state index in [1.54, 1.807) is 48.5 Å². The maximum absolute atomic E-state index is 11.7. The van der Waals surface area contributed by atoms with Crippen molar-refractivity contribution in [1.82, 2.24) is 5.43 Å². The second-order valence-corrected chi connectivity index (χ2v) is 5.58. The zero-order valence-corrected chi connectivity index (χ0v) is 14.5. The normalized spacial score (nSPS) is 10.4. The molecule has 2 amide bonds. The molecule has 2 rings (SSSR count). The number of hydrazone groups is 1. The number of benzene rings is 2. The first-order chi connectivity index (χ1) is 11.6. The van der Waals surface area contributed by atoms with Crippen LogP contribution in [-0.4, -0.2) is 24.6 Å². The summed E-state index contributed by atoms with van der Waals surface area (Å²) in [6.07, 6.45) is 1.44. The molecular formula is C17H16BrN3O3. The van der Waals surface area contributed by atoms with Crippen LogP contribution in [0.5, 0.6) is 5.75 Å². The standard InChI is InChI=1S/C17H16BrN3O3/c1-2-24-15-9-3-12(4-10-15)11-19-21-17(23)16(22)20-14-7-5-13(18)6-8-14/h3-11H,2H2,1H3,(H,20,22)(H,21,23)/b19-11-. The molecule has 0 saturated heterocycles. The topological polar surface area (TPSA) is 79.8 Å². The number of hydrogen-bond donors (Lipinski definition) is 2. The molecule has 124 valence electrons. The van der Waals surface area contributed by atoms with Gasteiger partial charge < -0.3 is 10.1 Å². The Bertz CT molecular complexity index is 728. The highest BCUT2D eigenvalue weighted by Gasteiger charge is 2.12. The Balaban J connectivity index is 1.85. The van der Waals surface area contributed by atoms with Gasteiger partial charge in [0.15, 0.2) is 0 Å². The molecule has 0 aliphatic carbocycles. The second-order valence-electron chi connectivity index (χ2n) is 4.66. The van der Waals surface area contributed by atoms with E-state index in [4.69, 9.17) is 4.74 Å². The van der Waals surface area contributed by atoms with E-state index in [1.165, 1.54) is 6.21 Å². The van der Waals surface area contributed by atoms with Crippen molar-refractivity contribution in [2.75, 3.05) is 11.9 Å². The largest absolute Gasteiger partial charge is 0.494 e. The molecule has 0 unspecified atom stereocenters. The molecule has 0 spiro atoms. The zero-order valence-electron chi connectivity index (χ0n) is 13.0. The lowest BCUT2D eigenvalue weighted by Gasteiger charge is -2.04. The number of anilines is 1. The summed E-state index contributed by atoms with van der Waals surface area (Å²) in [5.41, 5.74) is 3.47. The maximum Gasteiger partial charge on any atom is 0.329 e. The molecule has 24 heavy (non-hydrogen) atoms. The van der Waals surface area contributed by atoms with E-state index in [0.29, 0.717) is 12.3 Å². The van der Waals surface area contributed by atoms with Crippen molar-refractivity contribution < 1.29 is 14.3 Å². The minimum Gasteiger partial charge on any atom is -0.494 e. The van der Waals surface area contributed by atoms with Crippen LogP contribution in [0.1, 0.15) is 12.5 Å². The van der Waals surface area contributed by atoms with Crippen LogP contribution < -0.4 is 15.5 Å². The van der Waals surface area contributed by atoms with Crippen LogP contribution in [0.2, 0.25) is 0 Å². The molecule has 0 atom stereocenters. The summed E-state index contributed by atoms with van der Waals surface area (Å²) in [5, 5.41) is 6.24. The molecule has 0 saturated carbocycles. The van der Waals surface area contributed by atoms with Crippen LogP contribution in [0, 0.1) is 0 Å². The van der Waals surface area contributed by atoms with E-state index in [2.05, 4.69) is 31.8 Å². The van der Waals surface area contributed by atoms with Crippen molar-refractivity contribution in [3.63, 3.8) is 0 Å². The summed E-state index contributed by atoms with van der Waals surface area (Å²) in [6, 6.07) is 14.1. The number of hydrogen-bond acceptors (Lipinski definition) is 4. The molecule has 6 nitrogen and oxygen atoms in total. The van der Waals surface area contributed by atoms with Crippen LogP contribution in [0.3, 0.4) is 0 Å². The van der Waals surface area contributed by atoms with Crippen molar-refractivity contribution in [3.05, 3.63) is 58.6 Å². The molecule has 0 heterocycles. The third kappa shape index (κ3) is 5.51. The zero-order chi connectivity index (χ0) is 17.4. The van der Waals surface area contributed by atoms with Crippen LogP contribution in [-0.2, 0) is 9.59 Å². The third-order valence-corrected chi connectivity index (χ3v) is 3.41. The summed E-state index contributed by atoms with van der Waals surface area (Å²) in [4.78, 5) is 23.4. The minimum atomic E-state index is -0.847. The maximum atomic E-state index is 11.7. The van der Waals surface area contributed by atoms with Crippen LogP contribution in [0.4, 0.5) is 5.69 Å². The quantitative estimate of drug-likeness (QED) is 0.468. The Labute approximate surface area is 148 Å². The summed E-state index contributed by atoms with van der Waals surface area (Å²) >= 11 is 3.29. The number of nitrogens with zero attached hydrogens (tertiary/aromatic N) is 1. The molecule has 0 radical (unpaired) electrons. The monoisotopic (exact) mass is 389 g/mol. The molecule has 0 aliphatic rings. The third-order valence-electron chi connectivity index (χ3n) is 2.88. The van der Waals surface area contributed by atoms with E-state index in [9.17, 15) is 9.59 Å². The molecular weight excluding hydrogens is 374 g/mol. The fourth-order valence-electron chi connectivity index (χ4n) is 1.75. The first-order valence-electron chi connectivity index (χ1n) is 7.21. The summed E-state index contributed by atoms with van der Waals surface area (Å²) in [6.45, 7) is 2.50. The molecule has 0 aromatic heterocycles. The SMILES string of the molecule is CCOc1ccc(/C=N\NC(=O)C(=O)Nc2ccc(Br)cc2)cc1. The number of nitrogens with one attached hydrogen (secondary N) is 2. The van der Waals surface area contributed by atoms with Crippen molar-refractivity contribution in [3.8, 4) is 5.75 Å². The van der Waals surface area contributed by atoms with Gasteiger partial charge in [0.25, 0.3) is 0 Å². The Morgan fingerprint density at radius 1 is 1.08 bits per heavy atom. The van der Waals surface area contributed by atoms with E-state index < -0.39 is 11.8 Å². The van der Waals surface area contributed by atoms with E-state index >= 15 is 0 Å². The number of rotatable bonds is 5. The van der Waals surface area contributed by atoms with Gasteiger partial charge in [-0.05, 0) is 61.0 Å². The molecule has 0 fully saturated rings. The molecule has 0 bridgehead atoms. The fraction of sp³-hybridized carbons (Fsp3) is 0.118. The van der Waals surface area contributed by atoms with Gasteiger partial charge in [-0.1, -0.05) is 15.9 Å². The van der Waals surface area contributed by atoms with Crippen molar-refractivity contribution >= 4 is 39.6 Å². The van der Waals surface area contributed by atoms with Gasteiger partial charge >= 0.3 is 11.8 Å². The highest BCUT2D eigenvalue weighted by Crippen LogP contribution is 2.14. The Kier molecular flexibility index (Phi) is 6.51. The summed E-state index contributed by atoms with van der Waals surface area (Å²) < 4.78 is 6.21. The first kappa shape index (κ1) is 17.7. The average molecular weight is 390 g/mol. The van der Waals surface area contributed by atoms with E-state index in [-0.39, 0.29) is 0 Å². The predicted molar refractivity (Wildman–Crippen MR) is 96.1 cm³/mol. The first-order valence-corrected chi connectivity index (χ1v) is 8.00. The van der Waals surface area contributed by atoms with Gasteiger partial charge in [0.1, 0.15) is 5.75 Å². The lowest BCUT2D eigenvalue weighted by Crippen LogP contribution is -2.32. The molecule has 7 heteroatoms. The van der Waals surface area contributed by atoms with Gasteiger partial charge in [-0.15, -0.1) is 0 Å². The lowest BCUT2D eigenvalue weighted by atomic mass is 10.2. The number of amides is 2. The van der Waals surface area contributed by atoms with Crippen molar-refractivity contribution in [2.24, 2.45) is 5.10 Å². The lowest BCUT2D eigenvalue weighted by molar-refractivity contribution is -0.136. The van der Waals surface area contributed by atoms with Gasteiger partial charge in [0.05, 0.1) is 12.8 Å². The Hall–Kier alpha value is -2.67. The number of carbonyl (C=O) groups is 2. The highest BCUT2D eigenvalue weighted by atomic mass is 79.9. The van der Waals surface area contributed by atoms with Crippen molar-refractivity contribution in [2.45, 2.75) is 6.92 Å². The van der Waals surface area contributed by atoms with Crippen LogP contribution in [0.25, 0.3) is 0 Å². The smallest absolute Gasteiger partial charge is 0.329 e. The van der Waals surface area contributed by atoms with Gasteiger partial charge in [-0.2, -0.15) is 5.10 Å². The Morgan fingerprint density at radius 3 is 2.38 bits per heavy atom. The van der Waals surface area contributed by atoms with E-state index in [1.807, 2.05) is 6.92 Å². The van der Waals surface area contributed by atoms with Gasteiger partial charge in [0, 0.05) is 10.2 Å². The van der Waals surface area contributed by atoms with Crippen LogP contribution in [0.15, 0.2) is 58.1 Å². The number of carbonyl (C=O) groups excluding carboxylic acids is 2.